The van der Waals surface area contributed by atoms with Crippen LogP contribution in [0.2, 0.25) is 0 Å². The van der Waals surface area contributed by atoms with Crippen molar-refractivity contribution in [1.82, 2.24) is 0 Å². The zero-order valence-corrected chi connectivity index (χ0v) is 15.2. The van der Waals surface area contributed by atoms with E-state index in [1.807, 2.05) is 4.91 Å². The maximum absolute atomic E-state index is 13.4. The van der Waals surface area contributed by atoms with Gasteiger partial charge in [0.15, 0.2) is 0 Å². The largest absolute Gasteiger partial charge is 0.382 e. The summed E-state index contributed by atoms with van der Waals surface area (Å²) in [6.45, 7) is -3.02. The molecule has 0 fully saturated rings. The van der Waals surface area contributed by atoms with Crippen molar-refractivity contribution in [2.45, 2.75) is 17.8 Å². The average Bonchev–Trinajstić information content (AvgIpc) is 2.63. The zero-order chi connectivity index (χ0) is 21.5. The standard InChI is InChI=1S/C14H23F6N3O5/c1-24-2-3-25-4-5-26-6-7-27-8-9-28-11-13(17,18)14(19,20)12(15,16)10-22-23-21/h2-11H2,1H3. The summed E-state index contributed by atoms with van der Waals surface area (Å²) >= 11 is 0. The van der Waals surface area contributed by atoms with Crippen molar-refractivity contribution in [3.05, 3.63) is 10.4 Å². The Bertz CT molecular complexity index is 467. The number of alkyl halides is 6. The van der Waals surface area contributed by atoms with E-state index in [4.69, 9.17) is 24.5 Å². The van der Waals surface area contributed by atoms with Gasteiger partial charge in [-0.15, -0.1) is 0 Å². The number of rotatable bonds is 18. The molecule has 0 bridgehead atoms. The Kier molecular flexibility index (Phi) is 13.2. The van der Waals surface area contributed by atoms with Crippen molar-refractivity contribution >= 4 is 0 Å². The maximum Gasteiger partial charge on any atom is 0.374 e. The second-order valence-corrected chi connectivity index (χ2v) is 5.25. The lowest BCUT2D eigenvalue weighted by Gasteiger charge is -2.31. The van der Waals surface area contributed by atoms with E-state index < -0.39 is 37.5 Å². The van der Waals surface area contributed by atoms with Gasteiger partial charge in [0.2, 0.25) is 0 Å². The van der Waals surface area contributed by atoms with Gasteiger partial charge >= 0.3 is 17.8 Å². The van der Waals surface area contributed by atoms with E-state index in [0.717, 1.165) is 0 Å². The molecule has 0 aromatic heterocycles. The Morgan fingerprint density at radius 2 is 1.14 bits per heavy atom. The van der Waals surface area contributed by atoms with Crippen LogP contribution in [0.25, 0.3) is 10.4 Å². The SMILES string of the molecule is COCCOCCOCCOCCOCC(F)(F)C(F)(F)C(F)(F)CN=[N+]=[N-]. The van der Waals surface area contributed by atoms with E-state index in [0.29, 0.717) is 26.4 Å². The second kappa shape index (κ2) is 13.8. The van der Waals surface area contributed by atoms with Crippen molar-refractivity contribution < 1.29 is 50.0 Å². The van der Waals surface area contributed by atoms with Crippen LogP contribution in [0.4, 0.5) is 26.3 Å². The Labute approximate surface area is 157 Å². The lowest BCUT2D eigenvalue weighted by molar-refractivity contribution is -0.316. The summed E-state index contributed by atoms with van der Waals surface area (Å²) in [4.78, 5) is 1.85. The van der Waals surface area contributed by atoms with Gasteiger partial charge in [-0.2, -0.15) is 26.3 Å². The number of halogens is 6. The second-order valence-electron chi connectivity index (χ2n) is 5.25. The molecule has 0 unspecified atom stereocenters. The first kappa shape index (κ1) is 26.7. The van der Waals surface area contributed by atoms with E-state index >= 15 is 0 Å². The molecular weight excluding hydrogens is 404 g/mol. The fraction of sp³-hybridized carbons (Fsp3) is 1.00. The van der Waals surface area contributed by atoms with Gasteiger partial charge in [0.05, 0.1) is 59.4 Å². The topological polar surface area (TPSA) is 94.9 Å². The van der Waals surface area contributed by atoms with E-state index in [1.54, 1.807) is 0 Å². The predicted octanol–water partition coefficient (Wildman–Crippen LogP) is 2.92. The molecule has 0 aliphatic heterocycles. The quantitative estimate of drug-likeness (QED) is 0.110. The summed E-state index contributed by atoms with van der Waals surface area (Å²) in [5, 5.41) is 2.22. The van der Waals surface area contributed by atoms with Crippen molar-refractivity contribution in [3.8, 4) is 0 Å². The fourth-order valence-corrected chi connectivity index (χ4v) is 1.58. The summed E-state index contributed by atoms with van der Waals surface area (Å²) in [5.74, 6) is -16.2. The summed E-state index contributed by atoms with van der Waals surface area (Å²) < 4.78 is 104. The van der Waals surface area contributed by atoms with Crippen LogP contribution in [-0.4, -0.2) is 90.9 Å². The van der Waals surface area contributed by atoms with Gasteiger partial charge in [0.1, 0.15) is 6.61 Å². The van der Waals surface area contributed by atoms with Crippen LogP contribution >= 0.6 is 0 Å². The summed E-state index contributed by atoms with van der Waals surface area (Å²) in [6, 6.07) is 0. The highest BCUT2D eigenvalue weighted by Crippen LogP contribution is 2.45. The molecule has 0 atom stereocenters. The van der Waals surface area contributed by atoms with Crippen molar-refractivity contribution in [1.29, 1.82) is 0 Å². The molecule has 0 rings (SSSR count). The highest BCUT2D eigenvalue weighted by molar-refractivity contribution is 4.97. The predicted molar refractivity (Wildman–Crippen MR) is 84.0 cm³/mol. The van der Waals surface area contributed by atoms with Crippen LogP contribution in [0, 0.1) is 0 Å². The number of ether oxygens (including phenoxy) is 5. The molecule has 166 valence electrons. The van der Waals surface area contributed by atoms with Crippen LogP contribution in [0.15, 0.2) is 5.11 Å². The Hall–Kier alpha value is -1.31. The van der Waals surface area contributed by atoms with Gasteiger partial charge in [-0.1, -0.05) is 5.11 Å². The molecule has 14 heteroatoms. The number of azide groups is 1. The molecule has 0 N–H and O–H groups in total. The van der Waals surface area contributed by atoms with E-state index in [9.17, 15) is 26.3 Å². The Morgan fingerprint density at radius 3 is 1.57 bits per heavy atom. The van der Waals surface area contributed by atoms with Crippen LogP contribution in [0.1, 0.15) is 0 Å². The zero-order valence-electron chi connectivity index (χ0n) is 15.2. The molecule has 0 spiro atoms. The van der Waals surface area contributed by atoms with E-state index in [2.05, 4.69) is 9.85 Å². The third kappa shape index (κ3) is 9.75. The molecule has 0 saturated carbocycles. The summed E-state index contributed by atoms with van der Waals surface area (Å²) in [5.41, 5.74) is 7.87. The first-order valence-corrected chi connectivity index (χ1v) is 8.06. The molecule has 0 aromatic carbocycles. The normalized spacial score (nSPS) is 12.8. The lowest BCUT2D eigenvalue weighted by Crippen LogP contribution is -2.57. The molecule has 0 aromatic rings. The molecule has 0 aliphatic rings. The number of hydrogen-bond donors (Lipinski definition) is 0. The number of methoxy groups -OCH3 is 1. The molecule has 0 radical (unpaired) electrons. The lowest BCUT2D eigenvalue weighted by atomic mass is 10.1. The average molecular weight is 427 g/mol. The van der Waals surface area contributed by atoms with E-state index in [-0.39, 0.29) is 19.8 Å². The highest BCUT2D eigenvalue weighted by atomic mass is 19.3. The summed E-state index contributed by atoms with van der Waals surface area (Å²) in [6.07, 6.45) is 0. The number of hydrogen-bond acceptors (Lipinski definition) is 6. The highest BCUT2D eigenvalue weighted by Gasteiger charge is 2.71. The maximum atomic E-state index is 13.4. The first-order chi connectivity index (χ1) is 13.1. The minimum absolute atomic E-state index is 0.0816. The van der Waals surface area contributed by atoms with E-state index in [1.165, 1.54) is 7.11 Å². The molecular formula is C14H23F6N3O5. The minimum atomic E-state index is -5.76. The van der Waals surface area contributed by atoms with Crippen molar-refractivity contribution in [3.63, 3.8) is 0 Å². The third-order valence-electron chi connectivity index (χ3n) is 3.08. The van der Waals surface area contributed by atoms with Gasteiger partial charge in [-0.25, -0.2) is 0 Å². The van der Waals surface area contributed by atoms with Gasteiger partial charge in [-0.05, 0) is 5.53 Å². The molecule has 0 aliphatic carbocycles. The van der Waals surface area contributed by atoms with Crippen molar-refractivity contribution in [2.75, 3.05) is 73.1 Å². The Morgan fingerprint density at radius 1 is 0.714 bits per heavy atom. The molecule has 0 saturated heterocycles. The number of nitrogens with zero attached hydrogens (tertiary/aromatic N) is 3. The molecule has 28 heavy (non-hydrogen) atoms. The minimum Gasteiger partial charge on any atom is -0.382 e. The molecule has 8 nitrogen and oxygen atoms in total. The van der Waals surface area contributed by atoms with Gasteiger partial charge in [0.25, 0.3) is 0 Å². The van der Waals surface area contributed by atoms with Gasteiger partial charge in [-0.3, -0.25) is 0 Å². The van der Waals surface area contributed by atoms with Gasteiger partial charge in [0, 0.05) is 12.0 Å². The monoisotopic (exact) mass is 427 g/mol. The third-order valence-corrected chi connectivity index (χ3v) is 3.08. The van der Waals surface area contributed by atoms with Gasteiger partial charge < -0.3 is 23.7 Å². The van der Waals surface area contributed by atoms with Crippen LogP contribution in [0.5, 0.6) is 0 Å². The fourth-order valence-electron chi connectivity index (χ4n) is 1.58. The molecule has 0 amide bonds. The van der Waals surface area contributed by atoms with Crippen LogP contribution in [0.3, 0.4) is 0 Å². The Balaban J connectivity index is 3.90. The smallest absolute Gasteiger partial charge is 0.374 e. The first-order valence-electron chi connectivity index (χ1n) is 8.06. The van der Waals surface area contributed by atoms with Crippen molar-refractivity contribution in [2.24, 2.45) is 5.11 Å². The van der Waals surface area contributed by atoms with Crippen LogP contribution in [-0.2, 0) is 23.7 Å². The summed E-state index contributed by atoms with van der Waals surface area (Å²) in [7, 11) is 1.54. The van der Waals surface area contributed by atoms with Crippen LogP contribution < -0.4 is 0 Å². The molecule has 0 heterocycles.